The van der Waals surface area contributed by atoms with E-state index in [1.807, 2.05) is 0 Å². The van der Waals surface area contributed by atoms with Gasteiger partial charge in [0.2, 0.25) is 5.75 Å². The molecule has 0 spiro atoms. The van der Waals surface area contributed by atoms with E-state index in [0.717, 1.165) is 31.0 Å². The van der Waals surface area contributed by atoms with Crippen LogP contribution in [-0.2, 0) is 0 Å². The van der Waals surface area contributed by atoms with E-state index >= 15 is 0 Å². The van der Waals surface area contributed by atoms with Crippen LogP contribution in [0.1, 0.15) is 24.8 Å². The van der Waals surface area contributed by atoms with Crippen LogP contribution in [0.5, 0.6) is 17.2 Å². The van der Waals surface area contributed by atoms with E-state index in [1.165, 1.54) is 5.56 Å². The zero-order chi connectivity index (χ0) is 13.8. The topological polar surface area (TPSA) is 39.7 Å². The fourth-order valence-corrected chi connectivity index (χ4v) is 2.82. The van der Waals surface area contributed by atoms with Crippen LogP contribution in [0.2, 0.25) is 0 Å². The van der Waals surface area contributed by atoms with Crippen molar-refractivity contribution in [3.8, 4) is 17.2 Å². The maximum atomic E-state index is 5.42. The normalized spacial score (nSPS) is 22.9. The van der Waals surface area contributed by atoms with Crippen molar-refractivity contribution >= 4 is 0 Å². The monoisotopic (exact) mass is 265 g/mol. The highest BCUT2D eigenvalue weighted by Crippen LogP contribution is 2.42. The molecule has 19 heavy (non-hydrogen) atoms. The van der Waals surface area contributed by atoms with Crippen LogP contribution in [0.15, 0.2) is 12.1 Å². The predicted octanol–water partition coefficient (Wildman–Crippen LogP) is 2.43. The number of hydrogen-bond acceptors (Lipinski definition) is 4. The van der Waals surface area contributed by atoms with Gasteiger partial charge in [-0.2, -0.15) is 0 Å². The molecule has 0 radical (unpaired) electrons. The fourth-order valence-electron chi connectivity index (χ4n) is 2.82. The van der Waals surface area contributed by atoms with Crippen molar-refractivity contribution in [2.45, 2.75) is 19.3 Å². The van der Waals surface area contributed by atoms with Crippen LogP contribution < -0.4 is 19.5 Å². The highest BCUT2D eigenvalue weighted by atomic mass is 16.5. The Kier molecular flexibility index (Phi) is 4.53. The Labute approximate surface area is 115 Å². The number of methoxy groups -OCH3 is 3. The Morgan fingerprint density at radius 2 is 1.68 bits per heavy atom. The minimum atomic E-state index is 0.537. The predicted molar refractivity (Wildman–Crippen MR) is 75.5 cm³/mol. The standard InChI is InChI=1S/C15H23NO3/c1-10-9-16-6-5-12(10)11-7-13(17-2)15(19-4)14(8-11)18-3/h7-8,10,12,16H,5-6,9H2,1-4H3. The van der Waals surface area contributed by atoms with Crippen molar-refractivity contribution < 1.29 is 14.2 Å². The molecular formula is C15H23NO3. The third-order valence-corrected chi connectivity index (χ3v) is 3.90. The van der Waals surface area contributed by atoms with Crippen molar-refractivity contribution in [3.63, 3.8) is 0 Å². The summed E-state index contributed by atoms with van der Waals surface area (Å²) in [6.45, 7) is 4.40. The van der Waals surface area contributed by atoms with Gasteiger partial charge in [-0.15, -0.1) is 0 Å². The zero-order valence-corrected chi connectivity index (χ0v) is 12.2. The van der Waals surface area contributed by atoms with E-state index in [-0.39, 0.29) is 0 Å². The average molecular weight is 265 g/mol. The maximum absolute atomic E-state index is 5.42. The number of benzene rings is 1. The Balaban J connectivity index is 2.40. The minimum absolute atomic E-state index is 0.537. The van der Waals surface area contributed by atoms with Crippen LogP contribution in [-0.4, -0.2) is 34.4 Å². The summed E-state index contributed by atoms with van der Waals surface area (Å²) in [7, 11) is 4.95. The average Bonchev–Trinajstić information content (AvgIpc) is 2.46. The molecule has 0 aromatic heterocycles. The van der Waals surface area contributed by atoms with Crippen LogP contribution in [0.4, 0.5) is 0 Å². The molecule has 0 aliphatic carbocycles. The first-order chi connectivity index (χ1) is 9.21. The molecule has 1 saturated heterocycles. The SMILES string of the molecule is COc1cc(C2CCNCC2C)cc(OC)c1OC. The van der Waals surface area contributed by atoms with Crippen molar-refractivity contribution in [3.05, 3.63) is 17.7 Å². The lowest BCUT2D eigenvalue weighted by molar-refractivity contribution is 0.317. The molecule has 4 nitrogen and oxygen atoms in total. The summed E-state index contributed by atoms with van der Waals surface area (Å²) in [5, 5.41) is 3.43. The third-order valence-electron chi connectivity index (χ3n) is 3.90. The molecule has 1 heterocycles. The minimum Gasteiger partial charge on any atom is -0.493 e. The molecule has 4 heteroatoms. The van der Waals surface area contributed by atoms with Crippen LogP contribution in [0.25, 0.3) is 0 Å². The van der Waals surface area contributed by atoms with Gasteiger partial charge in [-0.25, -0.2) is 0 Å². The van der Waals surface area contributed by atoms with Gasteiger partial charge in [-0.1, -0.05) is 6.92 Å². The summed E-state index contributed by atoms with van der Waals surface area (Å²) in [5.41, 5.74) is 1.27. The second-order valence-electron chi connectivity index (χ2n) is 5.04. The van der Waals surface area contributed by atoms with Gasteiger partial charge in [-0.3, -0.25) is 0 Å². The van der Waals surface area contributed by atoms with Gasteiger partial charge in [0.1, 0.15) is 0 Å². The zero-order valence-electron chi connectivity index (χ0n) is 12.2. The van der Waals surface area contributed by atoms with Crippen LogP contribution in [0, 0.1) is 5.92 Å². The summed E-state index contributed by atoms with van der Waals surface area (Å²) in [4.78, 5) is 0. The van der Waals surface area contributed by atoms with Crippen molar-refractivity contribution in [2.24, 2.45) is 5.92 Å². The molecule has 2 atom stereocenters. The van der Waals surface area contributed by atoms with E-state index < -0.39 is 0 Å². The highest BCUT2D eigenvalue weighted by Gasteiger charge is 2.25. The van der Waals surface area contributed by atoms with Crippen LogP contribution >= 0.6 is 0 Å². The first kappa shape index (κ1) is 14.0. The highest BCUT2D eigenvalue weighted by molar-refractivity contribution is 5.54. The molecule has 0 saturated carbocycles. The van der Waals surface area contributed by atoms with Gasteiger partial charge >= 0.3 is 0 Å². The third kappa shape index (κ3) is 2.78. The molecule has 1 aromatic carbocycles. The summed E-state index contributed by atoms with van der Waals surface area (Å²) >= 11 is 0. The molecule has 0 bridgehead atoms. The molecular weight excluding hydrogens is 242 g/mol. The fraction of sp³-hybridized carbons (Fsp3) is 0.600. The van der Waals surface area contributed by atoms with Crippen LogP contribution in [0.3, 0.4) is 0 Å². The summed E-state index contributed by atoms with van der Waals surface area (Å²) in [6, 6.07) is 4.15. The number of nitrogens with one attached hydrogen (secondary N) is 1. The largest absolute Gasteiger partial charge is 0.493 e. The van der Waals surface area contributed by atoms with Gasteiger partial charge in [0.05, 0.1) is 21.3 Å². The van der Waals surface area contributed by atoms with E-state index in [9.17, 15) is 0 Å². The molecule has 0 amide bonds. The molecule has 1 aromatic rings. The Bertz CT molecular complexity index is 408. The van der Waals surface area contributed by atoms with Crippen molar-refractivity contribution in [1.29, 1.82) is 0 Å². The van der Waals surface area contributed by atoms with E-state index in [0.29, 0.717) is 17.6 Å². The number of rotatable bonds is 4. The second kappa shape index (κ2) is 6.15. The lowest BCUT2D eigenvalue weighted by Gasteiger charge is -2.30. The van der Waals surface area contributed by atoms with E-state index in [1.54, 1.807) is 21.3 Å². The lowest BCUT2D eigenvalue weighted by Crippen LogP contribution is -2.33. The number of hydrogen-bond donors (Lipinski definition) is 1. The molecule has 1 aliphatic heterocycles. The number of ether oxygens (including phenoxy) is 3. The van der Waals surface area contributed by atoms with Crippen molar-refractivity contribution in [2.75, 3.05) is 34.4 Å². The second-order valence-corrected chi connectivity index (χ2v) is 5.04. The smallest absolute Gasteiger partial charge is 0.203 e. The van der Waals surface area contributed by atoms with Gasteiger partial charge in [0.25, 0.3) is 0 Å². The quantitative estimate of drug-likeness (QED) is 0.907. The summed E-state index contributed by atoms with van der Waals surface area (Å²) < 4.78 is 16.2. The Morgan fingerprint density at radius 3 is 2.16 bits per heavy atom. The van der Waals surface area contributed by atoms with Gasteiger partial charge < -0.3 is 19.5 Å². The Hall–Kier alpha value is -1.42. The molecule has 1 N–H and O–H groups in total. The molecule has 106 valence electrons. The van der Waals surface area contributed by atoms with Crippen molar-refractivity contribution in [1.82, 2.24) is 5.32 Å². The number of piperidine rings is 1. The summed E-state index contributed by atoms with van der Waals surface area (Å²) in [5.74, 6) is 3.28. The first-order valence-electron chi connectivity index (χ1n) is 6.71. The molecule has 1 aliphatic rings. The lowest BCUT2D eigenvalue weighted by atomic mass is 9.82. The van der Waals surface area contributed by atoms with E-state index in [4.69, 9.17) is 14.2 Å². The Morgan fingerprint density at radius 1 is 1.05 bits per heavy atom. The first-order valence-corrected chi connectivity index (χ1v) is 6.71. The van der Waals surface area contributed by atoms with Gasteiger partial charge in [0.15, 0.2) is 11.5 Å². The van der Waals surface area contributed by atoms with Gasteiger partial charge in [0, 0.05) is 0 Å². The van der Waals surface area contributed by atoms with Gasteiger partial charge in [-0.05, 0) is 49.0 Å². The summed E-state index contributed by atoms with van der Waals surface area (Å²) in [6.07, 6.45) is 1.14. The molecule has 1 fully saturated rings. The molecule has 2 rings (SSSR count). The van der Waals surface area contributed by atoms with E-state index in [2.05, 4.69) is 24.4 Å². The molecule has 2 unspecified atom stereocenters. The maximum Gasteiger partial charge on any atom is 0.203 e.